The summed E-state index contributed by atoms with van der Waals surface area (Å²) < 4.78 is 0. The van der Waals surface area contributed by atoms with Gasteiger partial charge in [-0.15, -0.1) is 0 Å². The smallest absolute Gasteiger partial charge is 0.0180 e. The molecule has 0 aliphatic rings. The first-order valence-electron chi connectivity index (χ1n) is 6.45. The van der Waals surface area contributed by atoms with Crippen LogP contribution in [0.15, 0.2) is 42.5 Å². The number of nitrogens with one attached hydrogen (secondary N) is 1. The monoisotopic (exact) mass is 241 g/mol. The van der Waals surface area contributed by atoms with Crippen molar-refractivity contribution in [2.45, 2.75) is 33.6 Å². The molecule has 0 heterocycles. The maximum atomic E-state index is 7.12. The molecule has 96 valence electrons. The van der Waals surface area contributed by atoms with Crippen molar-refractivity contribution in [3.05, 3.63) is 59.2 Å². The molecular formula is C17H23N. The minimum Gasteiger partial charge on any atom is -0.309 e. The topological polar surface area (TPSA) is 23.9 Å². The van der Waals surface area contributed by atoms with Gasteiger partial charge in [-0.05, 0) is 60.9 Å². The van der Waals surface area contributed by atoms with E-state index in [4.69, 9.17) is 5.41 Å². The lowest BCUT2D eigenvalue weighted by atomic mass is 9.90. The van der Waals surface area contributed by atoms with Gasteiger partial charge >= 0.3 is 0 Å². The molecule has 0 spiro atoms. The maximum Gasteiger partial charge on any atom is 0.0180 e. The lowest BCUT2D eigenvalue weighted by molar-refractivity contribution is 0.576. The zero-order chi connectivity index (χ0) is 13.5. The molecule has 0 unspecified atom stereocenters. The second kappa shape index (κ2) is 6.95. The van der Waals surface area contributed by atoms with Crippen LogP contribution in [-0.2, 0) is 6.42 Å². The van der Waals surface area contributed by atoms with Crippen LogP contribution in [0.2, 0.25) is 0 Å². The number of benzene rings is 1. The van der Waals surface area contributed by atoms with Crippen LogP contribution in [-0.4, -0.2) is 6.21 Å². The predicted molar refractivity (Wildman–Crippen MR) is 80.5 cm³/mol. The molecule has 0 aliphatic heterocycles. The summed E-state index contributed by atoms with van der Waals surface area (Å²) in [6, 6.07) is 6.47. The highest BCUT2D eigenvalue weighted by Gasteiger charge is 2.09. The summed E-state index contributed by atoms with van der Waals surface area (Å²) in [6.07, 6.45) is 7.08. The highest BCUT2D eigenvalue weighted by molar-refractivity contribution is 5.69. The third-order valence-corrected chi connectivity index (χ3v) is 3.34. The third-order valence-electron chi connectivity index (χ3n) is 3.34. The zero-order valence-corrected chi connectivity index (χ0v) is 11.7. The average Bonchev–Trinajstić information content (AvgIpc) is 2.33. The summed E-state index contributed by atoms with van der Waals surface area (Å²) in [6.45, 7) is 10.4. The van der Waals surface area contributed by atoms with Crippen molar-refractivity contribution < 1.29 is 0 Å². The van der Waals surface area contributed by atoms with Gasteiger partial charge in [0.15, 0.2) is 0 Å². The minimum atomic E-state index is 0.564. The first kappa shape index (κ1) is 14.4. The Morgan fingerprint density at radius 2 is 1.94 bits per heavy atom. The average molecular weight is 241 g/mol. The summed E-state index contributed by atoms with van der Waals surface area (Å²) >= 11 is 0. The Balaban J connectivity index is 2.76. The first-order chi connectivity index (χ1) is 8.58. The molecule has 1 N–H and O–H groups in total. The van der Waals surface area contributed by atoms with Crippen molar-refractivity contribution >= 4 is 6.21 Å². The van der Waals surface area contributed by atoms with Crippen LogP contribution in [0.4, 0.5) is 0 Å². The molecule has 1 nitrogen and oxygen atoms in total. The molecule has 0 aliphatic carbocycles. The van der Waals surface area contributed by atoms with Crippen molar-refractivity contribution in [1.29, 1.82) is 5.41 Å². The van der Waals surface area contributed by atoms with E-state index in [1.165, 1.54) is 22.9 Å². The van der Waals surface area contributed by atoms with E-state index in [0.29, 0.717) is 5.92 Å². The molecule has 18 heavy (non-hydrogen) atoms. The molecule has 0 saturated carbocycles. The summed E-state index contributed by atoms with van der Waals surface area (Å²) in [5.74, 6) is 0.564. The van der Waals surface area contributed by atoms with E-state index in [0.717, 1.165) is 18.4 Å². The summed E-state index contributed by atoms with van der Waals surface area (Å²) in [7, 11) is 0. The van der Waals surface area contributed by atoms with Crippen molar-refractivity contribution in [2.24, 2.45) is 5.92 Å². The number of allylic oxidation sites excluding steroid dienone is 3. The third kappa shape index (κ3) is 3.99. The first-order valence-corrected chi connectivity index (χ1v) is 6.45. The number of hydrogen-bond acceptors (Lipinski definition) is 1. The molecule has 0 fully saturated rings. The molecule has 0 amide bonds. The van der Waals surface area contributed by atoms with E-state index >= 15 is 0 Å². The van der Waals surface area contributed by atoms with E-state index in [-0.39, 0.29) is 0 Å². The van der Waals surface area contributed by atoms with Crippen LogP contribution in [0.5, 0.6) is 0 Å². The van der Waals surface area contributed by atoms with Crippen LogP contribution in [0.3, 0.4) is 0 Å². The molecule has 0 aromatic heterocycles. The SMILES string of the molecule is C=C/C(=C\C=N)C[C@@H](C)Cc1c(C)cccc1C. The Hall–Kier alpha value is -1.63. The number of aryl methyl sites for hydroxylation is 2. The van der Waals surface area contributed by atoms with Crippen LogP contribution >= 0.6 is 0 Å². The Morgan fingerprint density at radius 1 is 1.33 bits per heavy atom. The van der Waals surface area contributed by atoms with Gasteiger partial charge in [-0.1, -0.05) is 37.8 Å². The number of hydrogen-bond donors (Lipinski definition) is 1. The second-order valence-electron chi connectivity index (χ2n) is 5.00. The standard InChI is InChI=1S/C17H23N/c1-5-16(9-10-18)11-13(2)12-17-14(3)7-6-8-15(17)4/h5-10,13,18H,1,11-12H2,2-4H3/b16-9+,18-10?/t13-/m1/s1. The fourth-order valence-electron chi connectivity index (χ4n) is 2.32. The summed E-state index contributed by atoms with van der Waals surface area (Å²) in [5.41, 5.74) is 5.35. The fourth-order valence-corrected chi connectivity index (χ4v) is 2.32. The predicted octanol–water partition coefficient (Wildman–Crippen LogP) is 4.63. The lowest BCUT2D eigenvalue weighted by Gasteiger charge is -2.16. The van der Waals surface area contributed by atoms with Crippen molar-refractivity contribution in [3.8, 4) is 0 Å². The molecular weight excluding hydrogens is 218 g/mol. The van der Waals surface area contributed by atoms with Gasteiger partial charge in [0.1, 0.15) is 0 Å². The summed E-state index contributed by atoms with van der Waals surface area (Å²) in [4.78, 5) is 0. The maximum absolute atomic E-state index is 7.12. The molecule has 1 atom stereocenters. The fraction of sp³-hybridized carbons (Fsp3) is 0.353. The number of rotatable bonds is 6. The molecule has 1 heteroatoms. The molecule has 1 aromatic carbocycles. The Morgan fingerprint density at radius 3 is 2.44 bits per heavy atom. The van der Waals surface area contributed by atoms with Gasteiger partial charge in [-0.3, -0.25) is 0 Å². The molecule has 0 bridgehead atoms. The van der Waals surface area contributed by atoms with E-state index in [1.54, 1.807) is 0 Å². The molecule has 0 saturated heterocycles. The highest BCUT2D eigenvalue weighted by Crippen LogP contribution is 2.21. The van der Waals surface area contributed by atoms with Gasteiger partial charge < -0.3 is 5.41 Å². The summed E-state index contributed by atoms with van der Waals surface area (Å²) in [5, 5.41) is 7.12. The van der Waals surface area contributed by atoms with Crippen LogP contribution in [0, 0.1) is 25.2 Å². The quantitative estimate of drug-likeness (QED) is 0.554. The van der Waals surface area contributed by atoms with Gasteiger partial charge in [0.25, 0.3) is 0 Å². The normalized spacial score (nSPS) is 13.2. The van der Waals surface area contributed by atoms with Crippen LogP contribution in [0.1, 0.15) is 30.0 Å². The van der Waals surface area contributed by atoms with Gasteiger partial charge in [0.2, 0.25) is 0 Å². The van der Waals surface area contributed by atoms with Gasteiger partial charge in [-0.25, -0.2) is 0 Å². The van der Waals surface area contributed by atoms with E-state index in [1.807, 2.05) is 12.2 Å². The van der Waals surface area contributed by atoms with Gasteiger partial charge in [-0.2, -0.15) is 0 Å². The molecule has 1 aromatic rings. The minimum absolute atomic E-state index is 0.564. The Kier molecular flexibility index (Phi) is 5.57. The lowest BCUT2D eigenvalue weighted by Crippen LogP contribution is -2.04. The van der Waals surface area contributed by atoms with Gasteiger partial charge in [0.05, 0.1) is 0 Å². The van der Waals surface area contributed by atoms with Crippen molar-refractivity contribution in [3.63, 3.8) is 0 Å². The van der Waals surface area contributed by atoms with Crippen molar-refractivity contribution in [2.75, 3.05) is 0 Å². The van der Waals surface area contributed by atoms with E-state index in [9.17, 15) is 0 Å². The highest BCUT2D eigenvalue weighted by atomic mass is 14.3. The Labute approximate surface area is 111 Å². The van der Waals surface area contributed by atoms with E-state index < -0.39 is 0 Å². The molecule has 0 radical (unpaired) electrons. The molecule has 1 rings (SSSR count). The largest absolute Gasteiger partial charge is 0.309 e. The zero-order valence-electron chi connectivity index (χ0n) is 11.7. The Bertz CT molecular complexity index is 434. The van der Waals surface area contributed by atoms with Crippen LogP contribution < -0.4 is 0 Å². The van der Waals surface area contributed by atoms with Crippen LogP contribution in [0.25, 0.3) is 0 Å². The van der Waals surface area contributed by atoms with Crippen molar-refractivity contribution in [1.82, 2.24) is 0 Å². The van der Waals surface area contributed by atoms with Gasteiger partial charge in [0, 0.05) is 6.21 Å². The van der Waals surface area contributed by atoms with E-state index in [2.05, 4.69) is 45.5 Å². The second-order valence-corrected chi connectivity index (χ2v) is 5.00.